The summed E-state index contributed by atoms with van der Waals surface area (Å²) >= 11 is 0. The van der Waals surface area contributed by atoms with E-state index >= 15 is 0 Å². The smallest absolute Gasteiger partial charge is 0.240 e. The van der Waals surface area contributed by atoms with Crippen molar-refractivity contribution in [3.8, 4) is 0 Å². The highest BCUT2D eigenvalue weighted by Crippen LogP contribution is 2.20. The van der Waals surface area contributed by atoms with Crippen LogP contribution < -0.4 is 10.5 Å². The molecule has 0 unspecified atom stereocenters. The topological polar surface area (TPSA) is 81.4 Å². The van der Waals surface area contributed by atoms with Crippen LogP contribution in [-0.2, 0) is 21.3 Å². The van der Waals surface area contributed by atoms with E-state index < -0.39 is 15.8 Å². The van der Waals surface area contributed by atoms with Gasteiger partial charge in [0.05, 0.1) is 4.90 Å². The zero-order valence-corrected chi connectivity index (χ0v) is 13.3. The molecule has 0 heterocycles. The number of benzene rings is 1. The van der Waals surface area contributed by atoms with Crippen LogP contribution in [0.15, 0.2) is 17.0 Å². The molecule has 1 aromatic carbocycles. The Labute approximate surface area is 125 Å². The van der Waals surface area contributed by atoms with Crippen LogP contribution in [0, 0.1) is 12.7 Å². The number of halogens is 1. The van der Waals surface area contributed by atoms with Crippen molar-refractivity contribution in [2.45, 2.75) is 38.1 Å². The van der Waals surface area contributed by atoms with E-state index in [4.69, 9.17) is 10.5 Å². The van der Waals surface area contributed by atoms with Crippen LogP contribution in [0.3, 0.4) is 0 Å². The maximum absolute atomic E-state index is 13.7. The summed E-state index contributed by atoms with van der Waals surface area (Å²) in [6.07, 6.45) is 1.49. The van der Waals surface area contributed by atoms with Gasteiger partial charge in [0, 0.05) is 31.9 Å². The summed E-state index contributed by atoms with van der Waals surface area (Å²) < 4.78 is 45.9. The largest absolute Gasteiger partial charge is 0.381 e. The summed E-state index contributed by atoms with van der Waals surface area (Å²) in [6, 6.07) is 2.67. The summed E-state index contributed by atoms with van der Waals surface area (Å²) in [5, 5.41) is 0. The molecule has 0 aromatic heterocycles. The molecule has 0 aliphatic rings. The second kappa shape index (κ2) is 8.43. The predicted molar refractivity (Wildman–Crippen MR) is 79.9 cm³/mol. The Morgan fingerprint density at radius 2 is 2.05 bits per heavy atom. The first kappa shape index (κ1) is 18.0. The highest BCUT2D eigenvalue weighted by Gasteiger charge is 2.19. The molecule has 0 amide bonds. The van der Waals surface area contributed by atoms with Crippen molar-refractivity contribution < 1.29 is 17.5 Å². The zero-order chi connectivity index (χ0) is 15.9. The Morgan fingerprint density at radius 3 is 2.67 bits per heavy atom. The van der Waals surface area contributed by atoms with Crippen LogP contribution in [0.5, 0.6) is 0 Å². The van der Waals surface area contributed by atoms with Crippen molar-refractivity contribution in [2.75, 3.05) is 19.8 Å². The summed E-state index contributed by atoms with van der Waals surface area (Å²) in [7, 11) is -3.74. The molecule has 0 saturated heterocycles. The van der Waals surface area contributed by atoms with Gasteiger partial charge in [-0.2, -0.15) is 0 Å². The Bertz CT molecular complexity index is 562. The van der Waals surface area contributed by atoms with Crippen LogP contribution in [0.25, 0.3) is 0 Å². The maximum atomic E-state index is 13.7. The minimum absolute atomic E-state index is 0.0579. The molecule has 0 aliphatic carbocycles. The van der Waals surface area contributed by atoms with Crippen LogP contribution >= 0.6 is 0 Å². The average molecular weight is 318 g/mol. The average Bonchev–Trinajstić information content (AvgIpc) is 2.45. The van der Waals surface area contributed by atoms with E-state index in [9.17, 15) is 12.8 Å². The fourth-order valence-corrected chi connectivity index (χ4v) is 3.18. The van der Waals surface area contributed by atoms with Gasteiger partial charge < -0.3 is 10.5 Å². The number of hydrogen-bond acceptors (Lipinski definition) is 4. The van der Waals surface area contributed by atoms with Gasteiger partial charge in [0.25, 0.3) is 0 Å². The molecule has 120 valence electrons. The van der Waals surface area contributed by atoms with Gasteiger partial charge in [0.1, 0.15) is 5.82 Å². The number of hydrogen-bond donors (Lipinski definition) is 2. The van der Waals surface area contributed by atoms with Gasteiger partial charge in [-0.05, 0) is 37.5 Å². The molecular formula is C14H23FN2O3S. The fraction of sp³-hybridized carbons (Fsp3) is 0.571. The summed E-state index contributed by atoms with van der Waals surface area (Å²) in [5.74, 6) is -0.565. The summed E-state index contributed by atoms with van der Waals surface area (Å²) in [4.78, 5) is -0.0579. The quantitative estimate of drug-likeness (QED) is 0.679. The molecule has 0 bridgehead atoms. The molecule has 7 heteroatoms. The number of sulfonamides is 1. The zero-order valence-electron chi connectivity index (χ0n) is 12.5. The van der Waals surface area contributed by atoms with Gasteiger partial charge in [0.15, 0.2) is 0 Å². The summed E-state index contributed by atoms with van der Waals surface area (Å²) in [6.45, 7) is 4.94. The van der Waals surface area contributed by atoms with Crippen molar-refractivity contribution in [1.82, 2.24) is 4.72 Å². The number of ether oxygens (including phenoxy) is 1. The second-order valence-electron chi connectivity index (χ2n) is 4.77. The SMILES string of the molecule is CCCOCCCNS(=O)(=O)c1cc(CN)cc(F)c1C. The molecule has 21 heavy (non-hydrogen) atoms. The van der Waals surface area contributed by atoms with E-state index in [0.29, 0.717) is 25.2 Å². The summed E-state index contributed by atoms with van der Waals surface area (Å²) in [5.41, 5.74) is 6.00. The lowest BCUT2D eigenvalue weighted by atomic mass is 10.1. The highest BCUT2D eigenvalue weighted by molar-refractivity contribution is 7.89. The molecule has 3 N–H and O–H groups in total. The normalized spacial score (nSPS) is 11.8. The van der Waals surface area contributed by atoms with E-state index in [2.05, 4.69) is 4.72 Å². The lowest BCUT2D eigenvalue weighted by Crippen LogP contribution is -2.26. The molecule has 0 atom stereocenters. The lowest BCUT2D eigenvalue weighted by Gasteiger charge is -2.11. The van der Waals surface area contributed by atoms with Crippen molar-refractivity contribution in [3.05, 3.63) is 29.1 Å². The van der Waals surface area contributed by atoms with Gasteiger partial charge in [-0.3, -0.25) is 0 Å². The van der Waals surface area contributed by atoms with Crippen LogP contribution in [0.4, 0.5) is 4.39 Å². The van der Waals surface area contributed by atoms with Crippen molar-refractivity contribution in [1.29, 1.82) is 0 Å². The maximum Gasteiger partial charge on any atom is 0.240 e. The van der Waals surface area contributed by atoms with Gasteiger partial charge in [-0.25, -0.2) is 17.5 Å². The van der Waals surface area contributed by atoms with Crippen molar-refractivity contribution >= 4 is 10.0 Å². The molecule has 1 rings (SSSR count). The third kappa shape index (κ3) is 5.35. The Balaban J connectivity index is 2.72. The van der Waals surface area contributed by atoms with Crippen molar-refractivity contribution in [2.24, 2.45) is 5.73 Å². The van der Waals surface area contributed by atoms with E-state index in [-0.39, 0.29) is 23.5 Å². The molecule has 0 aliphatic heterocycles. The van der Waals surface area contributed by atoms with Crippen molar-refractivity contribution in [3.63, 3.8) is 0 Å². The first-order chi connectivity index (χ1) is 9.92. The number of nitrogens with two attached hydrogens (primary N) is 1. The molecular weight excluding hydrogens is 295 g/mol. The fourth-order valence-electron chi connectivity index (χ4n) is 1.81. The van der Waals surface area contributed by atoms with E-state index in [1.54, 1.807) is 0 Å². The molecule has 0 fully saturated rings. The van der Waals surface area contributed by atoms with E-state index in [1.807, 2.05) is 6.92 Å². The highest BCUT2D eigenvalue weighted by atomic mass is 32.2. The first-order valence-electron chi connectivity index (χ1n) is 6.99. The minimum Gasteiger partial charge on any atom is -0.381 e. The van der Waals surface area contributed by atoms with E-state index in [1.165, 1.54) is 19.1 Å². The molecule has 0 saturated carbocycles. The molecule has 1 aromatic rings. The Hall–Kier alpha value is -1.02. The third-order valence-electron chi connectivity index (χ3n) is 2.99. The Kier molecular flexibility index (Phi) is 7.24. The first-order valence-corrected chi connectivity index (χ1v) is 8.47. The van der Waals surface area contributed by atoms with Gasteiger partial charge >= 0.3 is 0 Å². The molecule has 5 nitrogen and oxygen atoms in total. The van der Waals surface area contributed by atoms with Gasteiger partial charge in [0.2, 0.25) is 10.0 Å². The second-order valence-corrected chi connectivity index (χ2v) is 6.50. The minimum atomic E-state index is -3.74. The number of nitrogens with one attached hydrogen (secondary N) is 1. The predicted octanol–water partition coefficient (Wildman–Crippen LogP) is 1.69. The van der Waals surface area contributed by atoms with Crippen LogP contribution in [0.1, 0.15) is 30.9 Å². The van der Waals surface area contributed by atoms with Gasteiger partial charge in [-0.1, -0.05) is 6.92 Å². The van der Waals surface area contributed by atoms with Gasteiger partial charge in [-0.15, -0.1) is 0 Å². The van der Waals surface area contributed by atoms with Crippen LogP contribution in [-0.4, -0.2) is 28.2 Å². The molecule has 0 radical (unpaired) electrons. The van der Waals surface area contributed by atoms with Crippen LogP contribution in [0.2, 0.25) is 0 Å². The monoisotopic (exact) mass is 318 g/mol. The third-order valence-corrected chi connectivity index (χ3v) is 4.57. The lowest BCUT2D eigenvalue weighted by molar-refractivity contribution is 0.133. The van der Waals surface area contributed by atoms with E-state index in [0.717, 1.165) is 6.42 Å². The molecule has 0 spiro atoms. The Morgan fingerprint density at radius 1 is 1.33 bits per heavy atom. The standard InChI is InChI=1S/C14H23FN2O3S/c1-3-6-20-7-4-5-17-21(18,19)14-9-12(10-16)8-13(15)11(14)2/h8-9,17H,3-7,10,16H2,1-2H3. The number of rotatable bonds is 9.